The van der Waals surface area contributed by atoms with E-state index in [4.69, 9.17) is 11.6 Å². The van der Waals surface area contributed by atoms with Crippen molar-refractivity contribution in [1.82, 2.24) is 0 Å². The fourth-order valence-corrected chi connectivity index (χ4v) is 2.27. The van der Waals surface area contributed by atoms with Gasteiger partial charge in [-0.2, -0.15) is 0 Å². The highest BCUT2D eigenvalue weighted by molar-refractivity contribution is 6.20. The van der Waals surface area contributed by atoms with Crippen LogP contribution in [0.1, 0.15) is 42.0 Å². The number of benzene rings is 1. The van der Waals surface area contributed by atoms with Crippen LogP contribution in [0, 0.1) is 20.8 Å². The maximum absolute atomic E-state index is 6.15. The molecule has 0 aliphatic rings. The van der Waals surface area contributed by atoms with Crippen molar-refractivity contribution in [2.24, 2.45) is 0 Å². The van der Waals surface area contributed by atoms with Crippen molar-refractivity contribution < 1.29 is 0 Å². The van der Waals surface area contributed by atoms with Crippen LogP contribution in [-0.4, -0.2) is 5.38 Å². The lowest BCUT2D eigenvalue weighted by Gasteiger charge is -2.20. The molecule has 0 amide bonds. The third-order valence-corrected chi connectivity index (χ3v) is 3.26. The molecule has 0 aromatic heterocycles. The molecule has 0 N–H and O–H groups in total. The molecule has 0 saturated carbocycles. The van der Waals surface area contributed by atoms with Crippen molar-refractivity contribution >= 4 is 11.6 Å². The van der Waals surface area contributed by atoms with Crippen LogP contribution in [0.3, 0.4) is 0 Å². The van der Waals surface area contributed by atoms with E-state index in [-0.39, 0.29) is 5.38 Å². The molecule has 78 valence electrons. The van der Waals surface area contributed by atoms with E-state index in [0.29, 0.717) is 5.92 Å². The Bertz CT molecular complexity index is 303. The Morgan fingerprint density at radius 3 is 1.79 bits per heavy atom. The molecule has 2 unspecified atom stereocenters. The molecular weight excluding hydrogens is 192 g/mol. The molecule has 0 fully saturated rings. The zero-order valence-corrected chi connectivity index (χ0v) is 10.4. The van der Waals surface area contributed by atoms with Crippen molar-refractivity contribution in [3.63, 3.8) is 0 Å². The number of halogens is 1. The van der Waals surface area contributed by atoms with E-state index in [1.165, 1.54) is 22.3 Å². The smallest absolute Gasteiger partial charge is 0.0373 e. The predicted molar refractivity (Wildman–Crippen MR) is 64.4 cm³/mol. The van der Waals surface area contributed by atoms with Gasteiger partial charge in [-0.05, 0) is 50.3 Å². The first-order chi connectivity index (χ1) is 6.43. The zero-order chi connectivity index (χ0) is 10.9. The lowest BCUT2D eigenvalue weighted by atomic mass is 9.89. The van der Waals surface area contributed by atoms with E-state index < -0.39 is 0 Å². The second-order valence-electron chi connectivity index (χ2n) is 4.28. The topological polar surface area (TPSA) is 0 Å². The Morgan fingerprint density at radius 2 is 1.43 bits per heavy atom. The molecule has 0 spiro atoms. The Hall–Kier alpha value is -0.490. The number of alkyl halides is 1. The molecule has 1 aromatic rings. The zero-order valence-electron chi connectivity index (χ0n) is 9.69. The molecule has 0 aliphatic carbocycles. The monoisotopic (exact) mass is 210 g/mol. The molecule has 2 atom stereocenters. The summed E-state index contributed by atoms with van der Waals surface area (Å²) in [6.07, 6.45) is 0. The number of hydrogen-bond donors (Lipinski definition) is 0. The summed E-state index contributed by atoms with van der Waals surface area (Å²) in [5.41, 5.74) is 5.47. The first-order valence-electron chi connectivity index (χ1n) is 5.15. The van der Waals surface area contributed by atoms with Crippen LogP contribution in [-0.2, 0) is 0 Å². The molecule has 0 radical (unpaired) electrons. The molecule has 1 aromatic carbocycles. The summed E-state index contributed by atoms with van der Waals surface area (Å²) >= 11 is 6.15. The standard InChI is InChI=1S/C13H19Cl/c1-8-6-9(2)13(10(3)7-8)11(4)12(5)14/h6-7,11-12H,1-5H3. The Kier molecular flexibility index (Phi) is 3.60. The summed E-state index contributed by atoms with van der Waals surface area (Å²) in [5, 5.41) is 0.190. The number of rotatable bonds is 2. The van der Waals surface area contributed by atoms with Crippen molar-refractivity contribution in [2.75, 3.05) is 0 Å². The first-order valence-corrected chi connectivity index (χ1v) is 5.59. The van der Waals surface area contributed by atoms with Crippen LogP contribution < -0.4 is 0 Å². The fraction of sp³-hybridized carbons (Fsp3) is 0.538. The lowest BCUT2D eigenvalue weighted by Crippen LogP contribution is -2.09. The molecule has 0 nitrogen and oxygen atoms in total. The van der Waals surface area contributed by atoms with E-state index in [9.17, 15) is 0 Å². The minimum atomic E-state index is 0.190. The third kappa shape index (κ3) is 2.30. The van der Waals surface area contributed by atoms with Crippen LogP contribution in [0.2, 0.25) is 0 Å². The number of aryl methyl sites for hydroxylation is 3. The average molecular weight is 211 g/mol. The quantitative estimate of drug-likeness (QED) is 0.637. The van der Waals surface area contributed by atoms with Gasteiger partial charge < -0.3 is 0 Å². The van der Waals surface area contributed by atoms with Gasteiger partial charge in [-0.1, -0.05) is 24.6 Å². The van der Waals surface area contributed by atoms with Crippen LogP contribution in [0.4, 0.5) is 0 Å². The Labute approximate surface area is 92.3 Å². The first kappa shape index (κ1) is 11.6. The van der Waals surface area contributed by atoms with Gasteiger partial charge in [-0.15, -0.1) is 11.6 Å². The van der Waals surface area contributed by atoms with Gasteiger partial charge in [0.25, 0.3) is 0 Å². The summed E-state index contributed by atoms with van der Waals surface area (Å²) < 4.78 is 0. The molecule has 1 rings (SSSR count). The fourth-order valence-electron chi connectivity index (χ4n) is 2.14. The van der Waals surface area contributed by atoms with Gasteiger partial charge in [0.2, 0.25) is 0 Å². The minimum Gasteiger partial charge on any atom is -0.123 e. The van der Waals surface area contributed by atoms with E-state index in [1.807, 2.05) is 0 Å². The molecule has 14 heavy (non-hydrogen) atoms. The van der Waals surface area contributed by atoms with E-state index >= 15 is 0 Å². The lowest BCUT2D eigenvalue weighted by molar-refractivity contribution is 0.731. The maximum atomic E-state index is 6.15. The minimum absolute atomic E-state index is 0.190. The van der Waals surface area contributed by atoms with E-state index in [2.05, 4.69) is 46.8 Å². The average Bonchev–Trinajstić information content (AvgIpc) is 2.01. The third-order valence-electron chi connectivity index (χ3n) is 2.88. The van der Waals surface area contributed by atoms with Crippen molar-refractivity contribution in [2.45, 2.75) is 45.9 Å². The molecule has 0 heterocycles. The Balaban J connectivity index is 3.20. The Morgan fingerprint density at radius 1 is 1.00 bits per heavy atom. The van der Waals surface area contributed by atoms with Crippen molar-refractivity contribution in [1.29, 1.82) is 0 Å². The van der Waals surface area contributed by atoms with E-state index in [1.54, 1.807) is 0 Å². The highest BCUT2D eigenvalue weighted by Crippen LogP contribution is 2.29. The molecule has 1 heteroatoms. The molecule has 0 aliphatic heterocycles. The van der Waals surface area contributed by atoms with Crippen LogP contribution in [0.5, 0.6) is 0 Å². The van der Waals surface area contributed by atoms with Gasteiger partial charge in [0.05, 0.1) is 0 Å². The second kappa shape index (κ2) is 4.35. The van der Waals surface area contributed by atoms with Crippen molar-refractivity contribution in [3.05, 3.63) is 34.4 Å². The van der Waals surface area contributed by atoms with Gasteiger partial charge in [-0.3, -0.25) is 0 Å². The highest BCUT2D eigenvalue weighted by atomic mass is 35.5. The summed E-state index contributed by atoms with van der Waals surface area (Å²) in [4.78, 5) is 0. The van der Waals surface area contributed by atoms with Crippen LogP contribution in [0.25, 0.3) is 0 Å². The van der Waals surface area contributed by atoms with Gasteiger partial charge in [0.1, 0.15) is 0 Å². The molecule has 0 bridgehead atoms. The summed E-state index contributed by atoms with van der Waals surface area (Å²) in [5.74, 6) is 0.428. The normalized spacial score (nSPS) is 15.3. The number of hydrogen-bond acceptors (Lipinski definition) is 0. The molecule has 0 saturated heterocycles. The summed E-state index contributed by atoms with van der Waals surface area (Å²) in [7, 11) is 0. The second-order valence-corrected chi connectivity index (χ2v) is 4.97. The largest absolute Gasteiger partial charge is 0.123 e. The molecular formula is C13H19Cl. The highest BCUT2D eigenvalue weighted by Gasteiger charge is 2.16. The predicted octanol–water partition coefficient (Wildman–Crippen LogP) is 4.34. The SMILES string of the molecule is Cc1cc(C)c(C(C)C(C)Cl)c(C)c1. The van der Waals surface area contributed by atoms with Crippen LogP contribution >= 0.6 is 11.6 Å². The van der Waals surface area contributed by atoms with Crippen LogP contribution in [0.15, 0.2) is 12.1 Å². The summed E-state index contributed by atoms with van der Waals surface area (Å²) in [6, 6.07) is 4.47. The van der Waals surface area contributed by atoms with Gasteiger partial charge in [-0.25, -0.2) is 0 Å². The summed E-state index contributed by atoms with van der Waals surface area (Å²) in [6.45, 7) is 10.7. The maximum Gasteiger partial charge on any atom is 0.0373 e. The van der Waals surface area contributed by atoms with Gasteiger partial charge in [0, 0.05) is 5.38 Å². The van der Waals surface area contributed by atoms with Gasteiger partial charge >= 0.3 is 0 Å². The van der Waals surface area contributed by atoms with Crippen molar-refractivity contribution in [3.8, 4) is 0 Å². The van der Waals surface area contributed by atoms with Gasteiger partial charge in [0.15, 0.2) is 0 Å². The van der Waals surface area contributed by atoms with E-state index in [0.717, 1.165) is 0 Å².